The molecule has 1 unspecified atom stereocenters. The van der Waals surface area contributed by atoms with Crippen molar-refractivity contribution in [2.24, 2.45) is 0 Å². The van der Waals surface area contributed by atoms with Gasteiger partial charge in [0.05, 0.1) is 11.6 Å². The second kappa shape index (κ2) is 5.85. The van der Waals surface area contributed by atoms with Gasteiger partial charge in [-0.05, 0) is 37.1 Å². The van der Waals surface area contributed by atoms with Gasteiger partial charge < -0.3 is 0 Å². The highest BCUT2D eigenvalue weighted by Gasteiger charge is 2.17. The van der Waals surface area contributed by atoms with Gasteiger partial charge in [0.2, 0.25) is 0 Å². The van der Waals surface area contributed by atoms with E-state index in [-0.39, 0.29) is 11.6 Å². The first-order valence-corrected chi connectivity index (χ1v) is 7.57. The molecule has 0 aliphatic carbocycles. The third kappa shape index (κ3) is 2.60. The van der Waals surface area contributed by atoms with E-state index >= 15 is 0 Å². The van der Waals surface area contributed by atoms with E-state index in [2.05, 4.69) is 5.10 Å². The molecule has 1 heterocycles. The topological polar surface area (TPSA) is 37.8 Å². The van der Waals surface area contributed by atoms with Gasteiger partial charge in [-0.15, -0.1) is 0 Å². The smallest absolute Gasteiger partial charge is 0.275 e. The Hall–Kier alpha value is -2.26. The maximum absolute atomic E-state index is 12.8. The van der Waals surface area contributed by atoms with Crippen LogP contribution < -0.4 is 5.56 Å². The quantitative estimate of drug-likeness (QED) is 0.764. The Bertz CT molecular complexity index is 832. The van der Waals surface area contributed by atoms with Gasteiger partial charge in [-0.25, -0.2) is 4.68 Å². The summed E-state index contributed by atoms with van der Waals surface area (Å²) in [7, 11) is 0. The van der Waals surface area contributed by atoms with Gasteiger partial charge in [0, 0.05) is 10.7 Å². The molecule has 1 N–H and O–H groups in total. The zero-order valence-electron chi connectivity index (χ0n) is 12.5. The van der Waals surface area contributed by atoms with Gasteiger partial charge in [0.1, 0.15) is 0 Å². The number of rotatable bonds is 3. The average Bonchev–Trinajstić information content (AvgIpc) is 2.83. The Morgan fingerprint density at radius 2 is 1.68 bits per heavy atom. The minimum absolute atomic E-state index is 0.00819. The minimum Gasteiger partial charge on any atom is -0.299 e. The lowest BCUT2D eigenvalue weighted by molar-refractivity contribution is 0.544. The van der Waals surface area contributed by atoms with Crippen LogP contribution in [0.25, 0.3) is 11.1 Å². The van der Waals surface area contributed by atoms with Crippen LogP contribution in [0.5, 0.6) is 0 Å². The van der Waals surface area contributed by atoms with E-state index in [0.717, 1.165) is 22.4 Å². The molecule has 2 aromatic carbocycles. The zero-order valence-corrected chi connectivity index (χ0v) is 13.3. The molecule has 0 radical (unpaired) electrons. The fourth-order valence-electron chi connectivity index (χ4n) is 2.68. The van der Waals surface area contributed by atoms with Crippen LogP contribution in [-0.2, 0) is 0 Å². The fraction of sp³-hybridized carbons (Fsp3) is 0.167. The first kappa shape index (κ1) is 14.7. The Labute approximate surface area is 134 Å². The van der Waals surface area contributed by atoms with Crippen molar-refractivity contribution in [2.75, 3.05) is 0 Å². The van der Waals surface area contributed by atoms with Gasteiger partial charge in [-0.3, -0.25) is 9.89 Å². The number of H-pyrrole nitrogens is 1. The lowest BCUT2D eigenvalue weighted by Crippen LogP contribution is -2.22. The molecule has 0 bridgehead atoms. The van der Waals surface area contributed by atoms with E-state index in [1.165, 1.54) is 0 Å². The first-order chi connectivity index (χ1) is 10.6. The molecule has 3 rings (SSSR count). The summed E-state index contributed by atoms with van der Waals surface area (Å²) in [5, 5.41) is 3.89. The summed E-state index contributed by atoms with van der Waals surface area (Å²) in [5.41, 5.74) is 3.56. The van der Waals surface area contributed by atoms with E-state index in [1.807, 2.05) is 68.4 Å². The van der Waals surface area contributed by atoms with Crippen molar-refractivity contribution in [3.05, 3.63) is 81.2 Å². The number of nitrogens with zero attached hydrogens (tertiary/aromatic N) is 1. The van der Waals surface area contributed by atoms with Gasteiger partial charge in [-0.1, -0.05) is 54.1 Å². The number of hydrogen-bond donors (Lipinski definition) is 1. The van der Waals surface area contributed by atoms with Crippen LogP contribution in [0.1, 0.15) is 24.2 Å². The molecule has 0 amide bonds. The number of aromatic amines is 1. The number of hydrogen-bond acceptors (Lipinski definition) is 1. The summed E-state index contributed by atoms with van der Waals surface area (Å²) in [5.74, 6) is 0. The summed E-state index contributed by atoms with van der Waals surface area (Å²) in [4.78, 5) is 12.8. The normalized spacial score (nSPS) is 12.3. The van der Waals surface area contributed by atoms with Crippen molar-refractivity contribution in [1.29, 1.82) is 0 Å². The van der Waals surface area contributed by atoms with E-state index in [1.54, 1.807) is 4.68 Å². The van der Waals surface area contributed by atoms with Crippen LogP contribution in [0.15, 0.2) is 59.4 Å². The highest BCUT2D eigenvalue weighted by molar-refractivity contribution is 6.30. The van der Waals surface area contributed by atoms with Gasteiger partial charge in [-0.2, -0.15) is 0 Å². The molecule has 0 aliphatic rings. The number of aryl methyl sites for hydroxylation is 1. The van der Waals surface area contributed by atoms with Crippen molar-refractivity contribution in [3.8, 4) is 11.1 Å². The molecule has 0 fully saturated rings. The highest BCUT2D eigenvalue weighted by atomic mass is 35.5. The third-order valence-electron chi connectivity index (χ3n) is 3.90. The molecule has 0 saturated heterocycles. The lowest BCUT2D eigenvalue weighted by atomic mass is 10.1. The predicted molar refractivity (Wildman–Crippen MR) is 90.5 cm³/mol. The van der Waals surface area contributed by atoms with E-state index in [0.29, 0.717) is 5.02 Å². The molecule has 1 atom stereocenters. The Morgan fingerprint density at radius 1 is 1.05 bits per heavy atom. The summed E-state index contributed by atoms with van der Waals surface area (Å²) in [6.07, 6.45) is 0. The van der Waals surface area contributed by atoms with Gasteiger partial charge in [0.15, 0.2) is 0 Å². The molecular weight excluding hydrogens is 296 g/mol. The van der Waals surface area contributed by atoms with Crippen LogP contribution in [0.3, 0.4) is 0 Å². The molecule has 22 heavy (non-hydrogen) atoms. The Balaban J connectivity index is 2.06. The predicted octanol–water partition coefficient (Wildman–Crippen LogP) is 4.41. The van der Waals surface area contributed by atoms with Crippen LogP contribution >= 0.6 is 11.6 Å². The number of halogens is 1. The van der Waals surface area contributed by atoms with Crippen LogP contribution in [0, 0.1) is 6.92 Å². The zero-order chi connectivity index (χ0) is 15.7. The summed E-state index contributed by atoms with van der Waals surface area (Å²) >= 11 is 5.93. The highest BCUT2D eigenvalue weighted by Crippen LogP contribution is 2.22. The Kier molecular flexibility index (Phi) is 3.90. The SMILES string of the molecule is Cc1[nH]n(C(C)c2ccc(Cl)cc2)c(=O)c1-c1ccccc1. The number of nitrogens with one attached hydrogen (secondary N) is 1. The average molecular weight is 313 g/mol. The summed E-state index contributed by atoms with van der Waals surface area (Å²) in [6.45, 7) is 3.92. The minimum atomic E-state index is -0.0825. The molecule has 112 valence electrons. The maximum Gasteiger partial charge on any atom is 0.275 e. The van der Waals surface area contributed by atoms with E-state index in [9.17, 15) is 4.79 Å². The van der Waals surface area contributed by atoms with Gasteiger partial charge >= 0.3 is 0 Å². The van der Waals surface area contributed by atoms with Crippen molar-refractivity contribution in [1.82, 2.24) is 9.78 Å². The third-order valence-corrected chi connectivity index (χ3v) is 4.15. The monoisotopic (exact) mass is 312 g/mol. The molecule has 3 aromatic rings. The van der Waals surface area contributed by atoms with E-state index < -0.39 is 0 Å². The van der Waals surface area contributed by atoms with Gasteiger partial charge in [0.25, 0.3) is 5.56 Å². The molecule has 1 aromatic heterocycles. The van der Waals surface area contributed by atoms with Crippen LogP contribution in [0.4, 0.5) is 0 Å². The van der Waals surface area contributed by atoms with Crippen molar-refractivity contribution in [2.45, 2.75) is 19.9 Å². The van der Waals surface area contributed by atoms with Crippen molar-refractivity contribution < 1.29 is 0 Å². The molecule has 0 spiro atoms. The Morgan fingerprint density at radius 3 is 2.32 bits per heavy atom. The van der Waals surface area contributed by atoms with Crippen LogP contribution in [0.2, 0.25) is 5.02 Å². The fourth-order valence-corrected chi connectivity index (χ4v) is 2.80. The first-order valence-electron chi connectivity index (χ1n) is 7.20. The van der Waals surface area contributed by atoms with E-state index in [4.69, 9.17) is 11.6 Å². The maximum atomic E-state index is 12.8. The van der Waals surface area contributed by atoms with Crippen LogP contribution in [-0.4, -0.2) is 9.78 Å². The molecule has 0 saturated carbocycles. The second-order valence-electron chi connectivity index (χ2n) is 5.38. The largest absolute Gasteiger partial charge is 0.299 e. The number of aromatic nitrogens is 2. The molecule has 0 aliphatic heterocycles. The summed E-state index contributed by atoms with van der Waals surface area (Å²) < 4.78 is 1.67. The van der Waals surface area contributed by atoms with Crippen molar-refractivity contribution >= 4 is 11.6 Å². The second-order valence-corrected chi connectivity index (χ2v) is 5.82. The number of benzene rings is 2. The molecule has 4 heteroatoms. The lowest BCUT2D eigenvalue weighted by Gasteiger charge is -2.12. The molecule has 3 nitrogen and oxygen atoms in total. The molecular formula is C18H17ClN2O. The van der Waals surface area contributed by atoms with Crippen molar-refractivity contribution in [3.63, 3.8) is 0 Å². The standard InChI is InChI=1S/C18H17ClN2O/c1-12-17(15-6-4-3-5-7-15)18(22)21(20-12)13(2)14-8-10-16(19)11-9-14/h3-11,13,20H,1-2H3. The summed E-state index contributed by atoms with van der Waals surface area (Å²) in [6, 6.07) is 17.2.